The van der Waals surface area contributed by atoms with Gasteiger partial charge in [-0.15, -0.1) is 0 Å². The number of hydrogen-bond donors (Lipinski definition) is 2. The van der Waals surface area contributed by atoms with E-state index in [4.69, 9.17) is 5.11 Å². The molecule has 2 N–H and O–H groups in total. The van der Waals surface area contributed by atoms with Gasteiger partial charge in [0, 0.05) is 0 Å². The molecule has 0 amide bonds. The Hall–Kier alpha value is 0.280. The second-order valence-electron chi connectivity index (χ2n) is 2.38. The molecule has 4 heteroatoms. The first-order valence-corrected chi connectivity index (χ1v) is 5.88. The summed E-state index contributed by atoms with van der Waals surface area (Å²) in [6.45, 7) is 0. The molecule has 2 nitrogen and oxygen atoms in total. The van der Waals surface area contributed by atoms with Crippen molar-refractivity contribution < 1.29 is 10.2 Å². The van der Waals surface area contributed by atoms with Crippen LogP contribution < -0.4 is 0 Å². The van der Waals surface area contributed by atoms with Crippen LogP contribution in [0.1, 0.15) is 5.56 Å². The van der Waals surface area contributed by atoms with E-state index < -0.39 is 0 Å². The second-order valence-corrected chi connectivity index (χ2v) is 7.77. The van der Waals surface area contributed by atoms with Gasteiger partial charge < -0.3 is 10.2 Å². The van der Waals surface area contributed by atoms with Crippen molar-refractivity contribution >= 4 is 45.2 Å². The molecule has 0 aliphatic heterocycles. The molecule has 1 aromatic rings. The number of phenols is 2. The quantitative estimate of drug-likeness (QED) is 0.464. The van der Waals surface area contributed by atoms with Gasteiger partial charge in [-0.05, 0) is 18.1 Å². The van der Waals surface area contributed by atoms with Crippen molar-refractivity contribution in [3.05, 3.63) is 23.8 Å². The van der Waals surface area contributed by atoms with Gasteiger partial charge in [0.1, 0.15) is 0 Å². The van der Waals surface area contributed by atoms with E-state index in [1.54, 1.807) is 6.07 Å². The molecule has 0 aliphatic carbocycles. The molecular weight excluding hydrogens is 382 g/mol. The summed E-state index contributed by atoms with van der Waals surface area (Å²) in [6, 6.07) is 5.04. The van der Waals surface area contributed by atoms with Crippen LogP contribution in [-0.4, -0.2) is 12.1 Å². The molecule has 0 aromatic heterocycles. The Bertz CT molecular complexity index is 274. The zero-order chi connectivity index (χ0) is 9.14. The Balaban J connectivity index is 2.92. The number of benzene rings is 1. The van der Waals surface area contributed by atoms with Gasteiger partial charge in [-0.25, -0.2) is 0 Å². The first-order valence-electron chi connectivity index (χ1n) is 3.39. The number of rotatable bonds is 2. The maximum atomic E-state index is 9.39. The van der Waals surface area contributed by atoms with E-state index in [-0.39, 0.29) is 11.5 Å². The lowest BCUT2D eigenvalue weighted by molar-refractivity contribution is 0.400. The highest BCUT2D eigenvalue weighted by Gasteiger charge is 2.08. The number of phenolic OH excluding ortho intramolecular Hbond substituents is 2. The Kier molecular flexibility index (Phi) is 3.88. The first kappa shape index (κ1) is 10.4. The largest absolute Gasteiger partial charge is 0.504 e. The van der Waals surface area contributed by atoms with Gasteiger partial charge in [0.25, 0.3) is 0 Å². The molecule has 0 bridgehead atoms. The molecule has 0 heterocycles. The molecule has 1 rings (SSSR count). The van der Waals surface area contributed by atoms with Crippen molar-refractivity contribution in [1.82, 2.24) is 0 Å². The summed E-state index contributed by atoms with van der Waals surface area (Å²) in [5.74, 6) is -0.0308. The smallest absolute Gasteiger partial charge is 0.160 e. The molecule has 0 spiro atoms. The van der Waals surface area contributed by atoms with Crippen LogP contribution >= 0.6 is 45.2 Å². The zero-order valence-corrected chi connectivity index (χ0v) is 10.5. The number of halogens is 2. The Morgan fingerprint density at radius 1 is 1.25 bits per heavy atom. The van der Waals surface area contributed by atoms with Crippen molar-refractivity contribution in [2.45, 2.75) is 8.35 Å². The molecule has 0 saturated heterocycles. The fourth-order valence-electron chi connectivity index (χ4n) is 0.909. The Morgan fingerprint density at radius 2 is 1.92 bits per heavy atom. The minimum atomic E-state index is -0.0408. The third-order valence-corrected chi connectivity index (χ3v) is 2.35. The van der Waals surface area contributed by atoms with E-state index >= 15 is 0 Å². The lowest BCUT2D eigenvalue weighted by atomic mass is 10.1. The minimum Gasteiger partial charge on any atom is -0.504 e. The molecule has 0 saturated carbocycles. The summed E-state index contributed by atoms with van der Waals surface area (Å²) in [5, 5.41) is 18.5. The molecular formula is C8H8I2O2. The Morgan fingerprint density at radius 3 is 2.50 bits per heavy atom. The maximum Gasteiger partial charge on any atom is 0.160 e. The van der Waals surface area contributed by atoms with Crippen LogP contribution in [0.15, 0.2) is 18.2 Å². The highest BCUT2D eigenvalue weighted by Crippen LogP contribution is 2.31. The van der Waals surface area contributed by atoms with Crippen LogP contribution in [0.25, 0.3) is 0 Å². The lowest BCUT2D eigenvalue weighted by Crippen LogP contribution is -1.92. The third kappa shape index (κ3) is 2.65. The first-order chi connectivity index (χ1) is 5.61. The molecule has 1 aromatic carbocycles. The predicted octanol–water partition coefficient (Wildman–Crippen LogP) is 2.84. The summed E-state index contributed by atoms with van der Waals surface area (Å²) in [4.78, 5) is 0. The summed E-state index contributed by atoms with van der Waals surface area (Å²) in [6.07, 6.45) is 0.765. The highest BCUT2D eigenvalue weighted by molar-refractivity contribution is 14.2. The van der Waals surface area contributed by atoms with Gasteiger partial charge in [-0.3, -0.25) is 0 Å². The van der Waals surface area contributed by atoms with E-state index in [1.807, 2.05) is 6.07 Å². The molecule has 0 aliphatic rings. The fraction of sp³-hybridized carbons (Fsp3) is 0.250. The summed E-state index contributed by atoms with van der Waals surface area (Å²) < 4.78 is 0.424. The van der Waals surface area contributed by atoms with Crippen LogP contribution in [0.2, 0.25) is 0 Å². The van der Waals surface area contributed by atoms with Crippen molar-refractivity contribution in [1.29, 1.82) is 0 Å². The van der Waals surface area contributed by atoms with E-state index in [2.05, 4.69) is 45.2 Å². The standard InChI is InChI=1S/C8H8I2O2/c9-7(10)4-5-2-1-3-6(11)8(5)12/h1-3,7,11-12H,4H2. The van der Waals surface area contributed by atoms with Gasteiger partial charge in [0.15, 0.2) is 11.5 Å². The van der Waals surface area contributed by atoms with E-state index in [0.29, 0.717) is 1.93 Å². The number of para-hydroxylation sites is 1. The molecule has 0 fully saturated rings. The molecule has 0 unspecified atom stereocenters. The van der Waals surface area contributed by atoms with Crippen LogP contribution in [0.3, 0.4) is 0 Å². The highest BCUT2D eigenvalue weighted by atomic mass is 127. The molecule has 0 radical (unpaired) electrons. The summed E-state index contributed by atoms with van der Waals surface area (Å²) in [7, 11) is 0. The fourth-order valence-corrected chi connectivity index (χ4v) is 1.86. The maximum absolute atomic E-state index is 9.39. The topological polar surface area (TPSA) is 40.5 Å². The van der Waals surface area contributed by atoms with Gasteiger partial charge in [0.05, 0.1) is 1.93 Å². The normalized spacial score (nSPS) is 10.6. The van der Waals surface area contributed by atoms with E-state index in [0.717, 1.165) is 12.0 Å². The van der Waals surface area contributed by atoms with Crippen LogP contribution in [0.4, 0.5) is 0 Å². The average molecular weight is 390 g/mol. The Labute approximate surface area is 98.3 Å². The molecule has 66 valence electrons. The van der Waals surface area contributed by atoms with Crippen LogP contribution in [0.5, 0.6) is 11.5 Å². The zero-order valence-electron chi connectivity index (χ0n) is 6.17. The van der Waals surface area contributed by atoms with E-state index in [9.17, 15) is 5.11 Å². The van der Waals surface area contributed by atoms with Gasteiger partial charge in [0.2, 0.25) is 0 Å². The summed E-state index contributed by atoms with van der Waals surface area (Å²) >= 11 is 4.54. The predicted molar refractivity (Wildman–Crippen MR) is 65.3 cm³/mol. The number of aromatic hydroxyl groups is 2. The molecule has 12 heavy (non-hydrogen) atoms. The van der Waals surface area contributed by atoms with Crippen molar-refractivity contribution in [2.75, 3.05) is 0 Å². The van der Waals surface area contributed by atoms with E-state index in [1.165, 1.54) is 6.07 Å². The SMILES string of the molecule is Oc1cccc(CC(I)I)c1O. The van der Waals surface area contributed by atoms with Gasteiger partial charge in [-0.1, -0.05) is 57.3 Å². The van der Waals surface area contributed by atoms with Crippen LogP contribution in [-0.2, 0) is 6.42 Å². The lowest BCUT2D eigenvalue weighted by Gasteiger charge is -2.05. The summed E-state index contributed by atoms with van der Waals surface area (Å²) in [5.41, 5.74) is 0.795. The second kappa shape index (κ2) is 4.50. The minimum absolute atomic E-state index is 0.0100. The van der Waals surface area contributed by atoms with Crippen LogP contribution in [0, 0.1) is 0 Å². The average Bonchev–Trinajstić information content (AvgIpc) is 1.98. The van der Waals surface area contributed by atoms with Crippen molar-refractivity contribution in [3.8, 4) is 11.5 Å². The monoisotopic (exact) mass is 390 g/mol. The molecule has 0 atom stereocenters. The third-order valence-electron chi connectivity index (χ3n) is 1.47. The van der Waals surface area contributed by atoms with Gasteiger partial charge >= 0.3 is 0 Å². The number of alkyl halides is 2. The van der Waals surface area contributed by atoms with Crippen molar-refractivity contribution in [3.63, 3.8) is 0 Å². The van der Waals surface area contributed by atoms with Crippen molar-refractivity contribution in [2.24, 2.45) is 0 Å². The number of hydrogen-bond acceptors (Lipinski definition) is 2. The van der Waals surface area contributed by atoms with Gasteiger partial charge in [-0.2, -0.15) is 0 Å².